The van der Waals surface area contributed by atoms with Gasteiger partial charge in [0.05, 0.1) is 6.54 Å². The van der Waals surface area contributed by atoms with Crippen molar-refractivity contribution < 1.29 is 4.79 Å². The van der Waals surface area contributed by atoms with E-state index in [9.17, 15) is 9.59 Å². The predicted molar refractivity (Wildman–Crippen MR) is 80.6 cm³/mol. The number of ketones is 1. The molecule has 3 rings (SSSR count). The SMILES string of the molecule is Cc1cccn(CC(=O)c2ccc3c(c2)CCS3)c1=O. The van der Waals surface area contributed by atoms with Gasteiger partial charge in [-0.2, -0.15) is 0 Å². The first-order chi connectivity index (χ1) is 9.65. The zero-order chi connectivity index (χ0) is 14.1. The molecule has 2 heterocycles. The van der Waals surface area contributed by atoms with Crippen LogP contribution in [0.1, 0.15) is 21.5 Å². The van der Waals surface area contributed by atoms with Crippen LogP contribution in [0.15, 0.2) is 46.2 Å². The largest absolute Gasteiger partial charge is 0.308 e. The van der Waals surface area contributed by atoms with Crippen LogP contribution in [-0.2, 0) is 13.0 Å². The number of carbonyl (C=O) groups excluding carboxylic acids is 1. The molecule has 0 fully saturated rings. The second kappa shape index (κ2) is 5.29. The maximum absolute atomic E-state index is 12.3. The summed E-state index contributed by atoms with van der Waals surface area (Å²) >= 11 is 1.83. The third kappa shape index (κ3) is 2.43. The van der Waals surface area contributed by atoms with Crippen molar-refractivity contribution >= 4 is 17.5 Å². The molecule has 0 spiro atoms. The van der Waals surface area contributed by atoms with Crippen LogP contribution in [0.2, 0.25) is 0 Å². The summed E-state index contributed by atoms with van der Waals surface area (Å²) in [6, 6.07) is 9.40. The topological polar surface area (TPSA) is 39.1 Å². The van der Waals surface area contributed by atoms with Gasteiger partial charge in [-0.15, -0.1) is 11.8 Å². The third-order valence-electron chi connectivity index (χ3n) is 3.54. The van der Waals surface area contributed by atoms with Gasteiger partial charge in [0.1, 0.15) is 0 Å². The van der Waals surface area contributed by atoms with Crippen LogP contribution >= 0.6 is 11.8 Å². The lowest BCUT2D eigenvalue weighted by molar-refractivity contribution is 0.0970. The highest BCUT2D eigenvalue weighted by atomic mass is 32.2. The van der Waals surface area contributed by atoms with Crippen LogP contribution in [0.3, 0.4) is 0 Å². The lowest BCUT2D eigenvalue weighted by Gasteiger charge is -2.07. The van der Waals surface area contributed by atoms with Crippen molar-refractivity contribution in [3.63, 3.8) is 0 Å². The molecule has 0 saturated heterocycles. The van der Waals surface area contributed by atoms with Gasteiger partial charge in [0.15, 0.2) is 5.78 Å². The summed E-state index contributed by atoms with van der Waals surface area (Å²) < 4.78 is 1.47. The van der Waals surface area contributed by atoms with Crippen molar-refractivity contribution in [1.29, 1.82) is 0 Å². The quantitative estimate of drug-likeness (QED) is 0.814. The van der Waals surface area contributed by atoms with Crippen LogP contribution in [0.4, 0.5) is 0 Å². The van der Waals surface area contributed by atoms with Crippen LogP contribution < -0.4 is 5.56 Å². The van der Waals surface area contributed by atoms with E-state index < -0.39 is 0 Å². The van der Waals surface area contributed by atoms with Gasteiger partial charge in [0, 0.05) is 28.0 Å². The number of Topliss-reactive ketones (excluding diaryl/α,β-unsaturated/α-hetero) is 1. The number of benzene rings is 1. The molecule has 0 atom stereocenters. The van der Waals surface area contributed by atoms with Crippen molar-refractivity contribution in [2.75, 3.05) is 5.75 Å². The second-order valence-corrected chi connectivity index (χ2v) is 6.11. The van der Waals surface area contributed by atoms with Gasteiger partial charge in [-0.05, 0) is 37.1 Å². The van der Waals surface area contributed by atoms with Crippen molar-refractivity contribution in [2.24, 2.45) is 0 Å². The van der Waals surface area contributed by atoms with Crippen LogP contribution in [0.5, 0.6) is 0 Å². The monoisotopic (exact) mass is 285 g/mol. The number of aryl methyl sites for hydroxylation is 2. The molecule has 0 bridgehead atoms. The standard InChI is InChI=1S/C16H15NO2S/c1-11-3-2-7-17(16(11)19)10-14(18)12-4-5-15-13(9-12)6-8-20-15/h2-5,7,9H,6,8,10H2,1H3. The van der Waals surface area contributed by atoms with Crippen molar-refractivity contribution in [3.05, 3.63) is 63.6 Å². The highest BCUT2D eigenvalue weighted by Crippen LogP contribution is 2.31. The molecule has 0 amide bonds. The van der Waals surface area contributed by atoms with E-state index in [1.807, 2.05) is 30.0 Å². The van der Waals surface area contributed by atoms with E-state index in [1.165, 1.54) is 15.0 Å². The zero-order valence-corrected chi connectivity index (χ0v) is 12.1. The van der Waals surface area contributed by atoms with Crippen LogP contribution in [0.25, 0.3) is 0 Å². The van der Waals surface area contributed by atoms with E-state index >= 15 is 0 Å². The maximum atomic E-state index is 12.3. The number of fused-ring (bicyclic) bond motifs is 1. The number of rotatable bonds is 3. The number of nitrogens with zero attached hydrogens (tertiary/aromatic N) is 1. The Hall–Kier alpha value is -1.81. The number of hydrogen-bond donors (Lipinski definition) is 0. The third-order valence-corrected chi connectivity index (χ3v) is 4.65. The number of aromatic nitrogens is 1. The Labute approximate surface area is 121 Å². The fourth-order valence-corrected chi connectivity index (χ4v) is 3.44. The first-order valence-corrected chi connectivity index (χ1v) is 7.59. The molecular weight excluding hydrogens is 270 g/mol. The van der Waals surface area contributed by atoms with Crippen molar-refractivity contribution in [2.45, 2.75) is 24.8 Å². The van der Waals surface area contributed by atoms with E-state index in [0.717, 1.165) is 12.2 Å². The first kappa shape index (κ1) is 13.2. The smallest absolute Gasteiger partial charge is 0.253 e. The molecule has 2 aromatic rings. The molecule has 20 heavy (non-hydrogen) atoms. The maximum Gasteiger partial charge on any atom is 0.253 e. The number of carbonyl (C=O) groups is 1. The Morgan fingerprint density at radius 3 is 3.05 bits per heavy atom. The lowest BCUT2D eigenvalue weighted by Crippen LogP contribution is -2.25. The van der Waals surface area contributed by atoms with E-state index in [4.69, 9.17) is 0 Å². The molecule has 1 aliphatic rings. The zero-order valence-electron chi connectivity index (χ0n) is 11.3. The summed E-state index contributed by atoms with van der Waals surface area (Å²) in [5, 5.41) is 0. The Morgan fingerprint density at radius 2 is 2.20 bits per heavy atom. The van der Waals surface area contributed by atoms with Gasteiger partial charge in [-0.3, -0.25) is 9.59 Å². The minimum Gasteiger partial charge on any atom is -0.308 e. The summed E-state index contributed by atoms with van der Waals surface area (Å²) in [6.07, 6.45) is 2.68. The van der Waals surface area contributed by atoms with Crippen LogP contribution in [0, 0.1) is 6.92 Å². The average Bonchev–Trinajstić information content (AvgIpc) is 2.91. The highest BCUT2D eigenvalue weighted by molar-refractivity contribution is 7.99. The molecule has 0 aliphatic carbocycles. The molecule has 3 nitrogen and oxygen atoms in total. The van der Waals surface area contributed by atoms with E-state index in [-0.39, 0.29) is 17.9 Å². The average molecular weight is 285 g/mol. The normalized spacial score (nSPS) is 13.2. The summed E-state index contributed by atoms with van der Waals surface area (Å²) in [4.78, 5) is 25.5. The Balaban J connectivity index is 1.86. The minimum atomic E-state index is -0.0995. The van der Waals surface area contributed by atoms with Gasteiger partial charge in [-0.25, -0.2) is 0 Å². The minimum absolute atomic E-state index is 0.0163. The fraction of sp³-hybridized carbons (Fsp3) is 0.250. The summed E-state index contributed by atoms with van der Waals surface area (Å²) in [5.74, 6) is 1.07. The molecule has 1 aliphatic heterocycles. The molecule has 0 N–H and O–H groups in total. The lowest BCUT2D eigenvalue weighted by atomic mass is 10.1. The summed E-state index contributed by atoms with van der Waals surface area (Å²) in [6.45, 7) is 1.86. The molecule has 0 saturated carbocycles. The van der Waals surface area contributed by atoms with Gasteiger partial charge >= 0.3 is 0 Å². The Kier molecular flexibility index (Phi) is 3.49. The molecule has 1 aromatic heterocycles. The fourth-order valence-electron chi connectivity index (χ4n) is 2.39. The van der Waals surface area contributed by atoms with Crippen molar-refractivity contribution in [3.8, 4) is 0 Å². The van der Waals surface area contributed by atoms with Crippen molar-refractivity contribution in [1.82, 2.24) is 4.57 Å². The van der Waals surface area contributed by atoms with E-state index in [2.05, 4.69) is 0 Å². The van der Waals surface area contributed by atoms with Gasteiger partial charge in [0.25, 0.3) is 5.56 Å². The molecular formula is C16H15NO2S. The van der Waals surface area contributed by atoms with Crippen LogP contribution in [-0.4, -0.2) is 16.1 Å². The first-order valence-electron chi connectivity index (χ1n) is 6.60. The summed E-state index contributed by atoms with van der Waals surface area (Å²) in [5.41, 5.74) is 2.50. The predicted octanol–water partition coefficient (Wildman–Crippen LogP) is 2.69. The van der Waals surface area contributed by atoms with Gasteiger partial charge in [0.2, 0.25) is 0 Å². The molecule has 4 heteroatoms. The molecule has 0 radical (unpaired) electrons. The summed E-state index contributed by atoms with van der Waals surface area (Å²) in [7, 11) is 0. The Bertz CT molecular complexity index is 733. The Morgan fingerprint density at radius 1 is 1.35 bits per heavy atom. The number of thioether (sulfide) groups is 1. The number of hydrogen-bond acceptors (Lipinski definition) is 3. The van der Waals surface area contributed by atoms with E-state index in [1.54, 1.807) is 25.3 Å². The van der Waals surface area contributed by atoms with Gasteiger partial charge < -0.3 is 4.57 Å². The highest BCUT2D eigenvalue weighted by Gasteiger charge is 2.15. The second-order valence-electron chi connectivity index (χ2n) is 4.97. The van der Waals surface area contributed by atoms with E-state index in [0.29, 0.717) is 11.1 Å². The van der Waals surface area contributed by atoms with Gasteiger partial charge in [-0.1, -0.05) is 12.1 Å². The number of pyridine rings is 1. The molecule has 0 unspecified atom stereocenters. The molecule has 102 valence electrons. The molecule has 1 aromatic carbocycles.